The number of rotatable bonds is 4. The van der Waals surface area contributed by atoms with Crippen LogP contribution in [0.15, 0.2) is 0 Å². The molecule has 3 N–H and O–H groups in total. The lowest BCUT2D eigenvalue weighted by Crippen LogP contribution is -2.46. The van der Waals surface area contributed by atoms with Crippen molar-refractivity contribution < 1.29 is 4.79 Å². The van der Waals surface area contributed by atoms with E-state index in [1.54, 1.807) is 0 Å². The quantitative estimate of drug-likeness (QED) is 0.765. The zero-order valence-corrected chi connectivity index (χ0v) is 10.3. The highest BCUT2D eigenvalue weighted by molar-refractivity contribution is 5.81. The SMILES string of the molecule is CC1CCCC1NCC1(C(N)=O)CCCC1. The Morgan fingerprint density at radius 3 is 2.50 bits per heavy atom. The molecule has 2 unspecified atom stereocenters. The van der Waals surface area contributed by atoms with Gasteiger partial charge in [0.05, 0.1) is 5.41 Å². The van der Waals surface area contributed by atoms with Gasteiger partial charge < -0.3 is 11.1 Å². The Morgan fingerprint density at radius 2 is 2.00 bits per heavy atom. The lowest BCUT2D eigenvalue weighted by atomic mass is 9.85. The zero-order chi connectivity index (χ0) is 11.6. The molecule has 2 aliphatic rings. The number of hydrogen-bond donors (Lipinski definition) is 2. The molecule has 2 rings (SSSR count). The fraction of sp³-hybridized carbons (Fsp3) is 0.923. The molecule has 0 bridgehead atoms. The fourth-order valence-corrected chi connectivity index (χ4v) is 3.34. The number of carbonyl (C=O) groups is 1. The molecule has 2 aliphatic carbocycles. The average molecular weight is 224 g/mol. The van der Waals surface area contributed by atoms with Gasteiger partial charge in [-0.1, -0.05) is 26.2 Å². The van der Waals surface area contributed by atoms with Crippen molar-refractivity contribution in [2.45, 2.75) is 57.9 Å². The first kappa shape index (κ1) is 11.9. The summed E-state index contributed by atoms with van der Waals surface area (Å²) in [6, 6.07) is 0.608. The summed E-state index contributed by atoms with van der Waals surface area (Å²) in [5.41, 5.74) is 5.34. The van der Waals surface area contributed by atoms with Gasteiger partial charge in [-0.05, 0) is 31.6 Å². The summed E-state index contributed by atoms with van der Waals surface area (Å²) in [6.07, 6.45) is 8.18. The van der Waals surface area contributed by atoms with Crippen LogP contribution >= 0.6 is 0 Å². The van der Waals surface area contributed by atoms with E-state index in [1.807, 2.05) is 0 Å². The topological polar surface area (TPSA) is 55.1 Å². The third kappa shape index (κ3) is 2.24. The molecule has 0 aromatic carbocycles. The van der Waals surface area contributed by atoms with Crippen LogP contribution in [0.1, 0.15) is 51.9 Å². The summed E-state index contributed by atoms with van der Waals surface area (Å²) in [5.74, 6) is 0.662. The van der Waals surface area contributed by atoms with Crippen LogP contribution < -0.4 is 11.1 Å². The maximum absolute atomic E-state index is 11.6. The van der Waals surface area contributed by atoms with E-state index in [4.69, 9.17) is 5.73 Å². The van der Waals surface area contributed by atoms with E-state index in [2.05, 4.69) is 12.2 Å². The zero-order valence-electron chi connectivity index (χ0n) is 10.3. The average Bonchev–Trinajstić information content (AvgIpc) is 2.84. The molecule has 0 aromatic rings. The Morgan fingerprint density at radius 1 is 1.31 bits per heavy atom. The van der Waals surface area contributed by atoms with Crippen LogP contribution in [0.3, 0.4) is 0 Å². The smallest absolute Gasteiger partial charge is 0.224 e. The van der Waals surface area contributed by atoms with Crippen LogP contribution in [0, 0.1) is 11.3 Å². The van der Waals surface area contributed by atoms with Gasteiger partial charge in [0.25, 0.3) is 0 Å². The van der Waals surface area contributed by atoms with Gasteiger partial charge in [0.2, 0.25) is 5.91 Å². The first-order valence-corrected chi connectivity index (χ1v) is 6.67. The second-order valence-electron chi connectivity index (χ2n) is 5.75. The molecule has 0 spiro atoms. The van der Waals surface area contributed by atoms with Crippen LogP contribution in [0.4, 0.5) is 0 Å². The van der Waals surface area contributed by atoms with Gasteiger partial charge in [-0.25, -0.2) is 0 Å². The van der Waals surface area contributed by atoms with Gasteiger partial charge in [-0.2, -0.15) is 0 Å². The van der Waals surface area contributed by atoms with Crippen LogP contribution in [0.25, 0.3) is 0 Å². The molecular formula is C13H24N2O. The highest BCUT2D eigenvalue weighted by Gasteiger charge is 2.40. The molecule has 0 aromatic heterocycles. The Kier molecular flexibility index (Phi) is 3.53. The van der Waals surface area contributed by atoms with Crippen molar-refractivity contribution >= 4 is 5.91 Å². The van der Waals surface area contributed by atoms with Crippen molar-refractivity contribution in [3.8, 4) is 0 Å². The van der Waals surface area contributed by atoms with E-state index >= 15 is 0 Å². The molecule has 0 saturated heterocycles. The van der Waals surface area contributed by atoms with Gasteiger partial charge in [0.1, 0.15) is 0 Å². The second kappa shape index (κ2) is 4.74. The van der Waals surface area contributed by atoms with Crippen molar-refractivity contribution in [1.29, 1.82) is 0 Å². The largest absolute Gasteiger partial charge is 0.369 e. The van der Waals surface area contributed by atoms with E-state index in [1.165, 1.54) is 19.3 Å². The first-order chi connectivity index (χ1) is 7.64. The van der Waals surface area contributed by atoms with Gasteiger partial charge in [-0.15, -0.1) is 0 Å². The molecule has 1 amide bonds. The molecule has 0 aliphatic heterocycles. The van der Waals surface area contributed by atoms with Crippen molar-refractivity contribution in [3.05, 3.63) is 0 Å². The Bertz CT molecular complexity index is 259. The lowest BCUT2D eigenvalue weighted by Gasteiger charge is -2.28. The molecule has 3 heteroatoms. The maximum Gasteiger partial charge on any atom is 0.224 e. The minimum atomic E-state index is -0.234. The Labute approximate surface area is 98.2 Å². The van der Waals surface area contributed by atoms with Gasteiger partial charge in [0.15, 0.2) is 0 Å². The van der Waals surface area contributed by atoms with Gasteiger partial charge in [0, 0.05) is 12.6 Å². The molecule has 2 atom stereocenters. The number of amides is 1. The lowest BCUT2D eigenvalue weighted by molar-refractivity contribution is -0.127. The second-order valence-corrected chi connectivity index (χ2v) is 5.75. The molecule has 0 radical (unpaired) electrons. The van der Waals surface area contributed by atoms with E-state index in [0.717, 1.165) is 38.1 Å². The van der Waals surface area contributed by atoms with Crippen molar-refractivity contribution in [1.82, 2.24) is 5.32 Å². The third-order valence-corrected chi connectivity index (χ3v) is 4.65. The fourth-order valence-electron chi connectivity index (χ4n) is 3.34. The number of primary amides is 1. The van der Waals surface area contributed by atoms with E-state index in [0.29, 0.717) is 6.04 Å². The number of nitrogens with two attached hydrogens (primary N) is 1. The molecule has 2 saturated carbocycles. The molecule has 0 heterocycles. The molecular weight excluding hydrogens is 200 g/mol. The Hall–Kier alpha value is -0.570. The number of carbonyl (C=O) groups excluding carboxylic acids is 1. The van der Waals surface area contributed by atoms with Crippen LogP contribution in [0.2, 0.25) is 0 Å². The standard InChI is InChI=1S/C13H24N2O/c1-10-5-4-6-11(10)15-9-13(12(14)16)7-2-3-8-13/h10-11,15H,2-9H2,1H3,(H2,14,16). The minimum Gasteiger partial charge on any atom is -0.369 e. The summed E-state index contributed by atoms with van der Waals surface area (Å²) in [6.45, 7) is 3.10. The summed E-state index contributed by atoms with van der Waals surface area (Å²) < 4.78 is 0. The van der Waals surface area contributed by atoms with Crippen molar-refractivity contribution in [2.24, 2.45) is 17.1 Å². The Balaban J connectivity index is 1.89. The molecule has 16 heavy (non-hydrogen) atoms. The summed E-state index contributed by atoms with van der Waals surface area (Å²) in [7, 11) is 0. The molecule has 92 valence electrons. The van der Waals surface area contributed by atoms with Crippen molar-refractivity contribution in [2.75, 3.05) is 6.54 Å². The summed E-state index contributed by atoms with van der Waals surface area (Å²) in [4.78, 5) is 11.6. The van der Waals surface area contributed by atoms with Crippen molar-refractivity contribution in [3.63, 3.8) is 0 Å². The normalized spacial score (nSPS) is 33.1. The molecule has 2 fully saturated rings. The van der Waals surface area contributed by atoms with E-state index < -0.39 is 0 Å². The van der Waals surface area contributed by atoms with Gasteiger partial charge >= 0.3 is 0 Å². The highest BCUT2D eigenvalue weighted by Crippen LogP contribution is 2.38. The molecule has 3 nitrogen and oxygen atoms in total. The highest BCUT2D eigenvalue weighted by atomic mass is 16.1. The summed E-state index contributed by atoms with van der Waals surface area (Å²) >= 11 is 0. The maximum atomic E-state index is 11.6. The first-order valence-electron chi connectivity index (χ1n) is 6.67. The van der Waals surface area contributed by atoms with Crippen LogP contribution in [-0.4, -0.2) is 18.5 Å². The third-order valence-electron chi connectivity index (χ3n) is 4.65. The minimum absolute atomic E-state index is 0.0943. The number of hydrogen-bond acceptors (Lipinski definition) is 2. The monoisotopic (exact) mass is 224 g/mol. The van der Waals surface area contributed by atoms with Gasteiger partial charge in [-0.3, -0.25) is 4.79 Å². The van der Waals surface area contributed by atoms with Crippen LogP contribution in [0.5, 0.6) is 0 Å². The predicted molar refractivity (Wildman–Crippen MR) is 64.9 cm³/mol. The summed E-state index contributed by atoms with van der Waals surface area (Å²) in [5, 5.41) is 3.59. The van der Waals surface area contributed by atoms with Crippen LogP contribution in [-0.2, 0) is 4.79 Å². The van der Waals surface area contributed by atoms with E-state index in [-0.39, 0.29) is 11.3 Å². The van der Waals surface area contributed by atoms with E-state index in [9.17, 15) is 4.79 Å². The predicted octanol–water partition coefficient (Wildman–Crippen LogP) is 1.81. The number of nitrogens with one attached hydrogen (secondary N) is 1.